The lowest BCUT2D eigenvalue weighted by molar-refractivity contribution is 0.0448. The van der Waals surface area contributed by atoms with Crippen LogP contribution in [0.25, 0.3) is 10.9 Å². The third-order valence-corrected chi connectivity index (χ3v) is 8.66. The molecule has 2 aromatic rings. The Bertz CT molecular complexity index is 1240. The van der Waals surface area contributed by atoms with Gasteiger partial charge in [0.25, 0.3) is 11.5 Å². The zero-order valence-electron chi connectivity index (χ0n) is 20.8. The molecule has 2 aliphatic rings. The monoisotopic (exact) mass is 504 g/mol. The smallest absolute Gasteiger partial charge is 0.264 e. The second kappa shape index (κ2) is 10.0. The van der Waals surface area contributed by atoms with Gasteiger partial charge in [0.15, 0.2) is 0 Å². The highest BCUT2D eigenvalue weighted by Crippen LogP contribution is 2.36. The summed E-state index contributed by atoms with van der Waals surface area (Å²) < 4.78 is 26.1. The van der Waals surface area contributed by atoms with E-state index in [0.717, 1.165) is 42.8 Å². The van der Waals surface area contributed by atoms with Crippen molar-refractivity contribution in [1.29, 1.82) is 0 Å². The zero-order valence-corrected chi connectivity index (χ0v) is 21.7. The summed E-state index contributed by atoms with van der Waals surface area (Å²) in [6.45, 7) is 4.33. The van der Waals surface area contributed by atoms with Crippen molar-refractivity contribution in [1.82, 2.24) is 19.1 Å². The van der Waals surface area contributed by atoms with E-state index in [9.17, 15) is 23.1 Å². The first-order valence-electron chi connectivity index (χ1n) is 12.3. The molecular weight excluding hydrogens is 468 g/mol. The molecule has 2 fully saturated rings. The van der Waals surface area contributed by atoms with Crippen LogP contribution in [0.3, 0.4) is 0 Å². The molecule has 2 saturated heterocycles. The summed E-state index contributed by atoms with van der Waals surface area (Å²) in [5.41, 5.74) is 0.691. The van der Waals surface area contributed by atoms with Gasteiger partial charge in [0.1, 0.15) is 5.56 Å². The van der Waals surface area contributed by atoms with Gasteiger partial charge < -0.3 is 15.0 Å². The molecule has 0 saturated carbocycles. The van der Waals surface area contributed by atoms with Crippen molar-refractivity contribution in [2.45, 2.75) is 69.8 Å². The summed E-state index contributed by atoms with van der Waals surface area (Å²) >= 11 is 0. The fraction of sp³-hybridized carbons (Fsp3) is 0.600. The first kappa shape index (κ1) is 25.8. The van der Waals surface area contributed by atoms with Crippen LogP contribution < -0.4 is 10.9 Å². The van der Waals surface area contributed by atoms with Crippen molar-refractivity contribution < 1.29 is 18.3 Å². The number of pyridine rings is 1. The number of nitrogens with zero attached hydrogens (tertiary/aromatic N) is 3. The topological polar surface area (TPSA) is 112 Å². The van der Waals surface area contributed by atoms with Gasteiger partial charge in [-0.3, -0.25) is 14.5 Å². The van der Waals surface area contributed by atoms with Crippen molar-refractivity contribution in [3.63, 3.8) is 0 Å². The fourth-order valence-corrected chi connectivity index (χ4v) is 6.09. The Labute approximate surface area is 206 Å². The van der Waals surface area contributed by atoms with Gasteiger partial charge in [0.2, 0.25) is 10.0 Å². The molecule has 1 aromatic heterocycles. The van der Waals surface area contributed by atoms with Crippen molar-refractivity contribution >= 4 is 26.8 Å². The van der Waals surface area contributed by atoms with E-state index in [0.29, 0.717) is 6.54 Å². The minimum atomic E-state index is -3.34. The molecule has 3 atom stereocenters. The third kappa shape index (κ3) is 5.45. The Morgan fingerprint density at radius 1 is 1.20 bits per heavy atom. The minimum Gasteiger partial charge on any atom is -0.390 e. The van der Waals surface area contributed by atoms with Crippen LogP contribution in [0.15, 0.2) is 35.1 Å². The number of hydrogen-bond acceptors (Lipinski definition) is 6. The molecule has 10 heteroatoms. The van der Waals surface area contributed by atoms with E-state index in [2.05, 4.69) is 10.2 Å². The number of hydrogen-bond donors (Lipinski definition) is 2. The number of amides is 1. The van der Waals surface area contributed by atoms with Crippen LogP contribution in [0, 0.1) is 0 Å². The third-order valence-electron chi connectivity index (χ3n) is 7.38. The Kier molecular flexibility index (Phi) is 7.38. The number of sulfonamides is 1. The van der Waals surface area contributed by atoms with Crippen LogP contribution in [-0.2, 0) is 10.0 Å². The Hall–Kier alpha value is -2.27. The second-order valence-corrected chi connectivity index (χ2v) is 12.4. The van der Waals surface area contributed by atoms with Crippen LogP contribution in [-0.4, -0.2) is 83.8 Å². The van der Waals surface area contributed by atoms with Gasteiger partial charge >= 0.3 is 0 Å². The Morgan fingerprint density at radius 2 is 1.83 bits per heavy atom. The number of para-hydroxylation sites is 1. The van der Waals surface area contributed by atoms with Crippen molar-refractivity contribution in [2.75, 3.05) is 26.4 Å². The largest absolute Gasteiger partial charge is 0.390 e. The number of fused-ring (bicyclic) bond motifs is 3. The number of piperidine rings is 1. The van der Waals surface area contributed by atoms with Crippen LogP contribution >= 0.6 is 0 Å². The highest BCUT2D eigenvalue weighted by atomic mass is 32.2. The van der Waals surface area contributed by atoms with Gasteiger partial charge in [-0.2, -0.15) is 0 Å². The molecule has 0 spiro atoms. The van der Waals surface area contributed by atoms with Crippen LogP contribution in [0.2, 0.25) is 0 Å². The summed E-state index contributed by atoms with van der Waals surface area (Å²) in [6.07, 6.45) is 3.77. The molecule has 0 aliphatic carbocycles. The lowest BCUT2D eigenvalue weighted by atomic mass is 9.96. The standard InChI is InChI=1S/C25H36N4O5S/c1-16(2)29-23-8-6-5-7-17(23)11-22(25(29)32)24(31)26-18-12-19-9-10-20(13-18)28(19)15-21(30)14-27(3)35(4,33)34/h5-8,11,16,18-21,30H,9-10,12-15H2,1-4H3,(H,26,31)/t18?,19?,20?,21-/m1/s1. The summed E-state index contributed by atoms with van der Waals surface area (Å²) in [4.78, 5) is 28.7. The molecule has 9 nitrogen and oxygen atoms in total. The van der Waals surface area contributed by atoms with E-state index in [-0.39, 0.29) is 47.7 Å². The van der Waals surface area contributed by atoms with E-state index in [1.165, 1.54) is 11.4 Å². The molecular formula is C25H36N4O5S. The van der Waals surface area contributed by atoms with Gasteiger partial charge in [-0.1, -0.05) is 18.2 Å². The number of aromatic nitrogens is 1. The zero-order chi connectivity index (χ0) is 25.5. The van der Waals surface area contributed by atoms with Gasteiger partial charge in [-0.05, 0) is 57.0 Å². The number of carbonyl (C=O) groups excluding carboxylic acids is 1. The second-order valence-electron chi connectivity index (χ2n) is 10.3. The summed E-state index contributed by atoms with van der Waals surface area (Å²) in [6, 6.07) is 9.57. The average Bonchev–Trinajstić information content (AvgIpc) is 2.99. The normalized spacial score (nSPS) is 23.8. The first-order valence-corrected chi connectivity index (χ1v) is 14.1. The van der Waals surface area contributed by atoms with E-state index >= 15 is 0 Å². The maximum Gasteiger partial charge on any atom is 0.264 e. The van der Waals surface area contributed by atoms with Crippen molar-refractivity contribution in [3.8, 4) is 0 Å². The Balaban J connectivity index is 1.44. The molecule has 2 aliphatic heterocycles. The number of likely N-dealkylation sites (N-methyl/N-ethyl adjacent to an activating group) is 1. The molecule has 192 valence electrons. The number of aliphatic hydroxyl groups is 1. The van der Waals surface area contributed by atoms with E-state index in [1.54, 1.807) is 10.6 Å². The van der Waals surface area contributed by atoms with Gasteiger partial charge in [0, 0.05) is 44.3 Å². The maximum absolute atomic E-state index is 13.2. The molecule has 2 N–H and O–H groups in total. The highest BCUT2D eigenvalue weighted by molar-refractivity contribution is 7.88. The van der Waals surface area contributed by atoms with Crippen LogP contribution in [0.4, 0.5) is 0 Å². The quantitative estimate of drug-likeness (QED) is 0.564. The molecule has 1 amide bonds. The van der Waals surface area contributed by atoms with Crippen molar-refractivity contribution in [2.24, 2.45) is 0 Å². The van der Waals surface area contributed by atoms with Gasteiger partial charge in [-0.15, -0.1) is 0 Å². The maximum atomic E-state index is 13.2. The number of aliphatic hydroxyl groups excluding tert-OH is 1. The number of nitrogens with one attached hydrogen (secondary N) is 1. The van der Waals surface area contributed by atoms with E-state index in [4.69, 9.17) is 0 Å². The highest BCUT2D eigenvalue weighted by Gasteiger charge is 2.42. The Morgan fingerprint density at radius 3 is 2.43 bits per heavy atom. The average molecular weight is 505 g/mol. The molecule has 2 unspecified atom stereocenters. The summed E-state index contributed by atoms with van der Waals surface area (Å²) in [5, 5.41) is 14.5. The number of carbonyl (C=O) groups is 1. The number of benzene rings is 1. The summed E-state index contributed by atoms with van der Waals surface area (Å²) in [5.74, 6) is -0.345. The molecule has 2 bridgehead atoms. The predicted octanol–water partition coefficient (Wildman–Crippen LogP) is 1.56. The van der Waals surface area contributed by atoms with E-state index < -0.39 is 16.1 Å². The SMILES string of the molecule is CC(C)n1c(=O)c(C(=O)NC2CC3CCC(C2)N3C[C@H](O)CN(C)S(C)(=O)=O)cc2ccccc21. The minimum absolute atomic E-state index is 0.0505. The number of rotatable bonds is 8. The predicted molar refractivity (Wildman–Crippen MR) is 136 cm³/mol. The fourth-order valence-electron chi connectivity index (χ4n) is 5.65. The molecule has 0 radical (unpaired) electrons. The molecule has 1 aromatic carbocycles. The molecule has 35 heavy (non-hydrogen) atoms. The lowest BCUT2D eigenvalue weighted by Gasteiger charge is -2.40. The van der Waals surface area contributed by atoms with E-state index in [1.807, 2.05) is 38.1 Å². The van der Waals surface area contributed by atoms with Gasteiger partial charge in [-0.25, -0.2) is 12.7 Å². The van der Waals surface area contributed by atoms with Gasteiger partial charge in [0.05, 0.1) is 17.9 Å². The first-order chi connectivity index (χ1) is 16.5. The van der Waals surface area contributed by atoms with Crippen molar-refractivity contribution in [3.05, 3.63) is 46.2 Å². The van der Waals surface area contributed by atoms with Crippen LogP contribution in [0.1, 0.15) is 55.9 Å². The molecule has 4 rings (SSSR count). The van der Waals surface area contributed by atoms with Crippen LogP contribution in [0.5, 0.6) is 0 Å². The lowest BCUT2D eigenvalue weighted by Crippen LogP contribution is -2.53. The molecule has 3 heterocycles. The summed E-state index contributed by atoms with van der Waals surface area (Å²) in [7, 11) is -1.88.